The van der Waals surface area contributed by atoms with Crippen molar-refractivity contribution in [2.45, 2.75) is 72.3 Å². The lowest BCUT2D eigenvalue weighted by atomic mass is 9.67. The Morgan fingerprint density at radius 3 is 1.65 bits per heavy atom. The molecule has 4 fully saturated rings. The molecule has 0 aromatic rings. The van der Waals surface area contributed by atoms with Gasteiger partial charge in [-0.15, -0.1) is 0 Å². The minimum absolute atomic E-state index is 0.0864. The molecule has 4 bridgehead atoms. The van der Waals surface area contributed by atoms with Gasteiger partial charge in [0.2, 0.25) is 0 Å². The van der Waals surface area contributed by atoms with Gasteiger partial charge in [0.1, 0.15) is 6.10 Å². The van der Waals surface area contributed by atoms with Crippen LogP contribution in [0, 0.1) is 52.8 Å². The van der Waals surface area contributed by atoms with Crippen LogP contribution < -0.4 is 0 Å². The van der Waals surface area contributed by atoms with Crippen LogP contribution in [-0.4, -0.2) is 23.1 Å². The Kier molecular flexibility index (Phi) is 4.39. The number of carbonyl (C=O) groups excluding carboxylic acids is 1. The van der Waals surface area contributed by atoms with Crippen molar-refractivity contribution in [3.63, 3.8) is 0 Å². The number of rotatable bonds is 5. The standard InChI is InChI=1S/C22H34O4/c1-11-13-5-7-15(9-13)17(11)19(26-21(25)22(3,4)20(23)24)18-12(2)14-6-8-16(18)10-14/h11-19H,5-10H2,1-4H3,(H,23,24). The SMILES string of the molecule is CC1C2CCC(C2)C1C(OC(=O)C(C)(C)C(=O)O)C1C2CCC(C2)C1C. The molecule has 0 aromatic heterocycles. The van der Waals surface area contributed by atoms with E-state index >= 15 is 0 Å². The number of esters is 1. The van der Waals surface area contributed by atoms with Crippen molar-refractivity contribution in [1.29, 1.82) is 0 Å². The number of hydrogen-bond acceptors (Lipinski definition) is 3. The monoisotopic (exact) mass is 362 g/mol. The van der Waals surface area contributed by atoms with Crippen molar-refractivity contribution in [1.82, 2.24) is 0 Å². The van der Waals surface area contributed by atoms with E-state index in [2.05, 4.69) is 13.8 Å². The zero-order chi connectivity index (χ0) is 18.8. The van der Waals surface area contributed by atoms with Crippen LogP contribution in [0.4, 0.5) is 0 Å². The maximum atomic E-state index is 12.9. The van der Waals surface area contributed by atoms with Gasteiger partial charge in [-0.05, 0) is 87.9 Å². The third-order valence-corrected chi connectivity index (χ3v) is 8.86. The van der Waals surface area contributed by atoms with E-state index in [4.69, 9.17) is 4.74 Å². The molecular formula is C22H34O4. The van der Waals surface area contributed by atoms with Crippen LogP contribution in [0.3, 0.4) is 0 Å². The van der Waals surface area contributed by atoms with Crippen molar-refractivity contribution in [3.8, 4) is 0 Å². The molecule has 4 aliphatic rings. The van der Waals surface area contributed by atoms with Gasteiger partial charge < -0.3 is 9.84 Å². The van der Waals surface area contributed by atoms with Crippen molar-refractivity contribution in [3.05, 3.63) is 0 Å². The third kappa shape index (κ3) is 2.62. The van der Waals surface area contributed by atoms with Gasteiger partial charge in [-0.25, -0.2) is 0 Å². The maximum Gasteiger partial charge on any atom is 0.323 e. The molecule has 0 radical (unpaired) electrons. The lowest BCUT2D eigenvalue weighted by molar-refractivity contribution is -0.179. The van der Waals surface area contributed by atoms with E-state index in [0.717, 1.165) is 11.8 Å². The molecule has 4 rings (SSSR count). The minimum atomic E-state index is -1.47. The predicted molar refractivity (Wildman–Crippen MR) is 98.3 cm³/mol. The van der Waals surface area contributed by atoms with E-state index in [1.807, 2.05) is 0 Å². The summed E-state index contributed by atoms with van der Waals surface area (Å²) < 4.78 is 6.17. The van der Waals surface area contributed by atoms with Crippen molar-refractivity contribution in [2.75, 3.05) is 0 Å². The van der Waals surface area contributed by atoms with Crippen molar-refractivity contribution in [2.24, 2.45) is 52.8 Å². The molecule has 0 aliphatic heterocycles. The lowest BCUT2D eigenvalue weighted by Crippen LogP contribution is -2.47. The van der Waals surface area contributed by atoms with E-state index in [0.29, 0.717) is 35.5 Å². The number of carbonyl (C=O) groups is 2. The molecule has 0 spiro atoms. The first kappa shape index (κ1) is 18.3. The normalized spacial score (nSPS) is 45.1. The molecule has 4 saturated carbocycles. The Morgan fingerprint density at radius 1 is 0.885 bits per heavy atom. The molecule has 0 heterocycles. The summed E-state index contributed by atoms with van der Waals surface area (Å²) in [6.07, 6.45) is 7.61. The third-order valence-electron chi connectivity index (χ3n) is 8.86. The van der Waals surface area contributed by atoms with Crippen LogP contribution in [0.1, 0.15) is 66.2 Å². The summed E-state index contributed by atoms with van der Waals surface area (Å²) in [5.41, 5.74) is -1.47. The van der Waals surface area contributed by atoms with E-state index in [-0.39, 0.29) is 6.10 Å². The van der Waals surface area contributed by atoms with E-state index < -0.39 is 17.4 Å². The van der Waals surface area contributed by atoms with Gasteiger partial charge >= 0.3 is 11.9 Å². The Morgan fingerprint density at radius 2 is 1.31 bits per heavy atom. The molecule has 0 saturated heterocycles. The summed E-state index contributed by atoms with van der Waals surface area (Å²) in [5.74, 6) is 3.25. The fourth-order valence-electron chi connectivity index (χ4n) is 7.15. The fourth-order valence-corrected chi connectivity index (χ4v) is 7.15. The van der Waals surface area contributed by atoms with Gasteiger partial charge in [0, 0.05) is 11.8 Å². The minimum Gasteiger partial charge on any atom is -0.480 e. The molecule has 146 valence electrons. The number of ether oxygens (including phenoxy) is 1. The number of carboxylic acid groups (broad SMARTS) is 1. The second kappa shape index (κ2) is 6.24. The Hall–Kier alpha value is -1.06. The highest BCUT2D eigenvalue weighted by atomic mass is 16.5. The summed E-state index contributed by atoms with van der Waals surface area (Å²) in [6.45, 7) is 7.64. The van der Waals surface area contributed by atoms with E-state index in [1.54, 1.807) is 0 Å². The van der Waals surface area contributed by atoms with E-state index in [9.17, 15) is 14.7 Å². The number of carboxylic acids is 1. The smallest absolute Gasteiger partial charge is 0.323 e. The highest BCUT2D eigenvalue weighted by Gasteiger charge is 2.57. The number of hydrogen-bond donors (Lipinski definition) is 1. The molecule has 0 amide bonds. The van der Waals surface area contributed by atoms with E-state index in [1.165, 1.54) is 52.4 Å². The molecule has 26 heavy (non-hydrogen) atoms. The fraction of sp³-hybridized carbons (Fsp3) is 0.909. The number of aliphatic carboxylic acids is 1. The van der Waals surface area contributed by atoms with Gasteiger partial charge in [0.15, 0.2) is 5.41 Å². The Bertz CT molecular complexity index is 561. The van der Waals surface area contributed by atoms with Gasteiger partial charge in [-0.1, -0.05) is 13.8 Å². The highest BCUT2D eigenvalue weighted by molar-refractivity contribution is 5.98. The molecule has 4 aliphatic carbocycles. The molecule has 4 nitrogen and oxygen atoms in total. The first-order valence-electron chi connectivity index (χ1n) is 10.7. The summed E-state index contributed by atoms with van der Waals surface area (Å²) >= 11 is 0. The Labute approximate surface area is 157 Å². The summed E-state index contributed by atoms with van der Waals surface area (Å²) in [5, 5.41) is 9.47. The molecular weight excluding hydrogens is 328 g/mol. The topological polar surface area (TPSA) is 63.6 Å². The van der Waals surface area contributed by atoms with Crippen LogP contribution in [0.15, 0.2) is 0 Å². The molecule has 0 aromatic carbocycles. The first-order valence-corrected chi connectivity index (χ1v) is 10.7. The highest BCUT2D eigenvalue weighted by Crippen LogP contribution is 2.60. The molecule has 8 unspecified atom stereocenters. The second-order valence-corrected chi connectivity index (χ2v) is 10.3. The molecule has 8 atom stereocenters. The average molecular weight is 363 g/mol. The van der Waals surface area contributed by atoms with Crippen LogP contribution in [0.5, 0.6) is 0 Å². The number of fused-ring (bicyclic) bond motifs is 4. The van der Waals surface area contributed by atoms with Gasteiger partial charge in [0.25, 0.3) is 0 Å². The maximum absolute atomic E-state index is 12.9. The summed E-state index contributed by atoms with van der Waals surface area (Å²) in [7, 11) is 0. The zero-order valence-corrected chi connectivity index (χ0v) is 16.6. The quantitative estimate of drug-likeness (QED) is 0.582. The van der Waals surface area contributed by atoms with Crippen molar-refractivity contribution < 1.29 is 19.4 Å². The lowest BCUT2D eigenvalue weighted by Gasteiger charge is -2.43. The largest absolute Gasteiger partial charge is 0.480 e. The van der Waals surface area contributed by atoms with Crippen LogP contribution in [-0.2, 0) is 14.3 Å². The van der Waals surface area contributed by atoms with Crippen LogP contribution in [0.25, 0.3) is 0 Å². The summed E-state index contributed by atoms with van der Waals surface area (Å²) in [4.78, 5) is 24.4. The van der Waals surface area contributed by atoms with Gasteiger partial charge in [-0.2, -0.15) is 0 Å². The molecule has 4 heteroatoms. The second-order valence-electron chi connectivity index (χ2n) is 10.3. The average Bonchev–Trinajstić information content (AvgIpc) is 3.33. The molecule has 1 N–H and O–H groups in total. The van der Waals surface area contributed by atoms with Crippen molar-refractivity contribution >= 4 is 11.9 Å². The Balaban J connectivity index is 1.62. The first-order chi connectivity index (χ1) is 12.2. The zero-order valence-electron chi connectivity index (χ0n) is 16.6. The van der Waals surface area contributed by atoms with Gasteiger partial charge in [0.05, 0.1) is 0 Å². The van der Waals surface area contributed by atoms with Crippen LogP contribution in [0.2, 0.25) is 0 Å². The summed E-state index contributed by atoms with van der Waals surface area (Å²) in [6, 6.07) is 0. The predicted octanol–water partition coefficient (Wildman–Crippen LogP) is 4.37. The van der Waals surface area contributed by atoms with Gasteiger partial charge in [-0.3, -0.25) is 9.59 Å². The van der Waals surface area contributed by atoms with Crippen LogP contribution >= 0.6 is 0 Å².